The molecule has 0 amide bonds. The van der Waals surface area contributed by atoms with E-state index in [-0.39, 0.29) is 5.84 Å². The van der Waals surface area contributed by atoms with Crippen molar-refractivity contribution in [2.75, 3.05) is 11.9 Å². The highest BCUT2D eigenvalue weighted by Gasteiger charge is 2.06. The van der Waals surface area contributed by atoms with Gasteiger partial charge in [0.15, 0.2) is 5.84 Å². The Balaban J connectivity index is 2.17. The van der Waals surface area contributed by atoms with Gasteiger partial charge in [0.2, 0.25) is 0 Å². The van der Waals surface area contributed by atoms with Gasteiger partial charge in [-0.05, 0) is 24.6 Å². The summed E-state index contributed by atoms with van der Waals surface area (Å²) in [6, 6.07) is 9.41. The van der Waals surface area contributed by atoms with Gasteiger partial charge in [-0.3, -0.25) is 0 Å². The molecule has 6 nitrogen and oxygen atoms in total. The second-order valence-corrected chi connectivity index (χ2v) is 4.50. The molecule has 1 aromatic carbocycles. The van der Waals surface area contributed by atoms with Crippen molar-refractivity contribution in [3.63, 3.8) is 0 Å². The molecule has 1 aromatic heterocycles. The van der Waals surface area contributed by atoms with Gasteiger partial charge in [0.1, 0.15) is 11.6 Å². The van der Waals surface area contributed by atoms with E-state index in [1.54, 1.807) is 12.3 Å². The van der Waals surface area contributed by atoms with Crippen LogP contribution in [0.4, 0.5) is 5.82 Å². The first-order chi connectivity index (χ1) is 9.60. The minimum Gasteiger partial charge on any atom is -0.409 e. The Morgan fingerprint density at radius 2 is 2.20 bits per heavy atom. The second-order valence-electron chi connectivity index (χ2n) is 4.50. The summed E-state index contributed by atoms with van der Waals surface area (Å²) in [6.07, 6.45) is 1.74. The largest absolute Gasteiger partial charge is 0.409 e. The normalized spacial score (nSPS) is 11.4. The van der Waals surface area contributed by atoms with Crippen molar-refractivity contribution >= 4 is 11.7 Å². The fourth-order valence-corrected chi connectivity index (χ4v) is 1.90. The minimum absolute atomic E-state index is 0.104. The van der Waals surface area contributed by atoms with Crippen molar-refractivity contribution in [3.05, 3.63) is 53.5 Å². The predicted molar refractivity (Wildman–Crippen MR) is 77.8 cm³/mol. The maximum Gasteiger partial charge on any atom is 0.170 e. The molecule has 1 heterocycles. The van der Waals surface area contributed by atoms with Crippen molar-refractivity contribution < 1.29 is 5.21 Å². The van der Waals surface area contributed by atoms with Crippen LogP contribution < -0.4 is 10.6 Å². The smallest absolute Gasteiger partial charge is 0.170 e. The molecule has 0 atom stereocenters. The van der Waals surface area contributed by atoms with E-state index in [0.717, 1.165) is 17.2 Å². The Bertz CT molecular complexity index is 626. The van der Waals surface area contributed by atoms with E-state index >= 15 is 0 Å². The molecule has 0 bridgehead atoms. The summed E-state index contributed by atoms with van der Waals surface area (Å²) in [6.45, 7) is 2.53. The summed E-state index contributed by atoms with van der Waals surface area (Å²) in [4.78, 5) is 10.5. The first-order valence-corrected chi connectivity index (χ1v) is 6.18. The molecule has 3 N–H and O–H groups in total. The van der Waals surface area contributed by atoms with E-state index < -0.39 is 0 Å². The first kappa shape index (κ1) is 13.8. The lowest BCUT2D eigenvalue weighted by atomic mass is 10.1. The van der Waals surface area contributed by atoms with Gasteiger partial charge in [-0.25, -0.2) is 9.97 Å². The van der Waals surface area contributed by atoms with Crippen LogP contribution in [0, 0.1) is 6.92 Å². The molecule has 0 saturated heterocycles. The van der Waals surface area contributed by atoms with Crippen LogP contribution in [-0.2, 0) is 6.54 Å². The van der Waals surface area contributed by atoms with Gasteiger partial charge in [-0.1, -0.05) is 23.4 Å². The highest BCUT2D eigenvalue weighted by atomic mass is 16.4. The van der Waals surface area contributed by atoms with Crippen molar-refractivity contribution in [3.8, 4) is 0 Å². The lowest BCUT2D eigenvalue weighted by Gasteiger charge is -2.18. The van der Waals surface area contributed by atoms with Crippen molar-refractivity contribution in [2.24, 2.45) is 10.9 Å². The number of anilines is 1. The fraction of sp³-hybridized carbons (Fsp3) is 0.214. The van der Waals surface area contributed by atoms with Crippen LogP contribution in [-0.4, -0.2) is 28.1 Å². The molecule has 0 aliphatic rings. The highest BCUT2D eigenvalue weighted by Crippen LogP contribution is 2.13. The van der Waals surface area contributed by atoms with E-state index in [2.05, 4.69) is 15.1 Å². The second kappa shape index (κ2) is 6.01. The third-order valence-corrected chi connectivity index (χ3v) is 2.90. The van der Waals surface area contributed by atoms with Crippen LogP contribution in [0.1, 0.15) is 17.0 Å². The quantitative estimate of drug-likeness (QED) is 0.381. The average Bonchev–Trinajstić information content (AvgIpc) is 2.46. The number of hydrogen-bond acceptors (Lipinski definition) is 5. The number of aromatic nitrogens is 2. The SMILES string of the molecule is Cc1nccc(N(C)Cc2cccc(C(N)=NO)c2)n1. The Morgan fingerprint density at radius 3 is 2.90 bits per heavy atom. The molecule has 0 fully saturated rings. The monoisotopic (exact) mass is 271 g/mol. The number of oxime groups is 1. The van der Waals surface area contributed by atoms with E-state index in [0.29, 0.717) is 12.1 Å². The molecule has 2 aromatic rings. The Kier molecular flexibility index (Phi) is 4.14. The molecule has 0 aliphatic heterocycles. The minimum atomic E-state index is 0.104. The number of nitrogens with two attached hydrogens (primary N) is 1. The van der Waals surface area contributed by atoms with Crippen molar-refractivity contribution in [1.29, 1.82) is 0 Å². The van der Waals surface area contributed by atoms with Crippen LogP contribution >= 0.6 is 0 Å². The molecular weight excluding hydrogens is 254 g/mol. The Labute approximate surface area is 117 Å². The summed E-state index contributed by atoms with van der Waals surface area (Å²) in [7, 11) is 1.96. The molecule has 0 saturated carbocycles. The predicted octanol–water partition coefficient (Wildman–Crippen LogP) is 1.52. The topological polar surface area (TPSA) is 87.6 Å². The lowest BCUT2D eigenvalue weighted by molar-refractivity contribution is 0.318. The summed E-state index contributed by atoms with van der Waals surface area (Å²) in [5.41, 5.74) is 7.33. The van der Waals surface area contributed by atoms with Gasteiger partial charge >= 0.3 is 0 Å². The number of benzene rings is 1. The number of rotatable bonds is 4. The van der Waals surface area contributed by atoms with Crippen molar-refractivity contribution in [1.82, 2.24) is 9.97 Å². The van der Waals surface area contributed by atoms with Gasteiger partial charge in [-0.2, -0.15) is 0 Å². The van der Waals surface area contributed by atoms with Crippen LogP contribution in [0.25, 0.3) is 0 Å². The molecular formula is C14H17N5O. The zero-order valence-electron chi connectivity index (χ0n) is 11.5. The average molecular weight is 271 g/mol. The van der Waals surface area contributed by atoms with Crippen LogP contribution in [0.3, 0.4) is 0 Å². The van der Waals surface area contributed by atoms with Gasteiger partial charge in [0.25, 0.3) is 0 Å². The molecule has 0 aliphatic carbocycles. The van der Waals surface area contributed by atoms with Crippen molar-refractivity contribution in [2.45, 2.75) is 13.5 Å². The molecule has 20 heavy (non-hydrogen) atoms. The van der Waals surface area contributed by atoms with Crippen LogP contribution in [0.5, 0.6) is 0 Å². The Hall–Kier alpha value is -2.63. The van der Waals surface area contributed by atoms with E-state index in [9.17, 15) is 0 Å². The number of nitrogens with zero attached hydrogens (tertiary/aromatic N) is 4. The maximum atomic E-state index is 8.71. The summed E-state index contributed by atoms with van der Waals surface area (Å²) in [5.74, 6) is 1.69. The fourth-order valence-electron chi connectivity index (χ4n) is 1.90. The third-order valence-electron chi connectivity index (χ3n) is 2.90. The summed E-state index contributed by atoms with van der Waals surface area (Å²) in [5, 5.41) is 11.7. The summed E-state index contributed by atoms with van der Waals surface area (Å²) >= 11 is 0. The molecule has 0 spiro atoms. The standard InChI is InChI=1S/C14H17N5O/c1-10-16-7-6-13(17-10)19(2)9-11-4-3-5-12(8-11)14(15)18-20/h3-8,20H,9H2,1-2H3,(H2,15,18). The van der Waals surface area contributed by atoms with Gasteiger partial charge in [0.05, 0.1) is 0 Å². The van der Waals surface area contributed by atoms with E-state index in [4.69, 9.17) is 10.9 Å². The molecule has 104 valence electrons. The highest BCUT2D eigenvalue weighted by molar-refractivity contribution is 5.97. The molecule has 0 unspecified atom stereocenters. The zero-order valence-corrected chi connectivity index (χ0v) is 11.5. The number of aryl methyl sites for hydroxylation is 1. The van der Waals surface area contributed by atoms with Gasteiger partial charge in [0, 0.05) is 25.4 Å². The van der Waals surface area contributed by atoms with E-state index in [1.807, 2.05) is 43.1 Å². The van der Waals surface area contributed by atoms with Crippen LogP contribution in [0.15, 0.2) is 41.7 Å². The molecule has 2 rings (SSSR count). The molecule has 0 radical (unpaired) electrons. The van der Waals surface area contributed by atoms with E-state index in [1.165, 1.54) is 0 Å². The number of hydrogen-bond donors (Lipinski definition) is 2. The molecule has 6 heteroatoms. The zero-order chi connectivity index (χ0) is 14.5. The number of amidine groups is 1. The third kappa shape index (κ3) is 3.23. The van der Waals surface area contributed by atoms with Gasteiger partial charge < -0.3 is 15.8 Å². The Morgan fingerprint density at radius 1 is 1.40 bits per heavy atom. The lowest BCUT2D eigenvalue weighted by Crippen LogP contribution is -2.19. The first-order valence-electron chi connectivity index (χ1n) is 6.18. The van der Waals surface area contributed by atoms with Crippen LogP contribution in [0.2, 0.25) is 0 Å². The maximum absolute atomic E-state index is 8.71. The summed E-state index contributed by atoms with van der Waals surface area (Å²) < 4.78 is 0. The van der Waals surface area contributed by atoms with Gasteiger partial charge in [-0.15, -0.1) is 0 Å².